The zero-order valence-corrected chi connectivity index (χ0v) is 20.0. The van der Waals surface area contributed by atoms with Crippen LogP contribution in [0, 0.1) is 0 Å². The number of amides is 1. The summed E-state index contributed by atoms with van der Waals surface area (Å²) in [5, 5.41) is 5.08. The summed E-state index contributed by atoms with van der Waals surface area (Å²) in [4.78, 5) is 28.7. The largest absolute Gasteiger partial charge is 0.493 e. The Morgan fingerprint density at radius 1 is 0.838 bits per heavy atom. The molecular formula is C30H23N3O4. The summed E-state index contributed by atoms with van der Waals surface area (Å²) in [7, 11) is 1.49. The second-order valence-corrected chi connectivity index (χ2v) is 8.15. The monoisotopic (exact) mass is 489 g/mol. The Labute approximate surface area is 213 Å². The zero-order chi connectivity index (χ0) is 25.6. The average Bonchev–Trinajstić information content (AvgIpc) is 3.34. The molecule has 5 rings (SSSR count). The van der Waals surface area contributed by atoms with Gasteiger partial charge in [0, 0.05) is 16.5 Å². The van der Waals surface area contributed by atoms with Gasteiger partial charge in [0.05, 0.1) is 18.9 Å². The molecule has 0 spiro atoms. The first-order chi connectivity index (χ1) is 18.1. The SMILES string of the molecule is COc1cc(C=NNC(=O)c2[nH]c3ccccc3c2-c2ccccc2)ccc1OC(=O)c1ccccc1. The second kappa shape index (κ2) is 10.6. The van der Waals surface area contributed by atoms with E-state index in [-0.39, 0.29) is 11.7 Å². The van der Waals surface area contributed by atoms with Crippen molar-refractivity contribution in [1.29, 1.82) is 0 Å². The summed E-state index contributed by atoms with van der Waals surface area (Å²) < 4.78 is 10.9. The topological polar surface area (TPSA) is 92.8 Å². The molecule has 0 fully saturated rings. The van der Waals surface area contributed by atoms with E-state index in [2.05, 4.69) is 15.5 Å². The minimum atomic E-state index is -0.486. The van der Waals surface area contributed by atoms with Gasteiger partial charge in [0.25, 0.3) is 5.91 Å². The molecule has 0 aliphatic heterocycles. The second-order valence-electron chi connectivity index (χ2n) is 8.15. The first kappa shape index (κ1) is 23.6. The molecule has 0 radical (unpaired) electrons. The maximum absolute atomic E-state index is 13.1. The Hall–Kier alpha value is -5.17. The fourth-order valence-electron chi connectivity index (χ4n) is 4.02. The number of nitrogens with one attached hydrogen (secondary N) is 2. The van der Waals surface area contributed by atoms with Gasteiger partial charge in [-0.2, -0.15) is 5.10 Å². The van der Waals surface area contributed by atoms with Crippen LogP contribution in [0.1, 0.15) is 26.4 Å². The van der Waals surface area contributed by atoms with E-state index in [1.807, 2.05) is 60.7 Å². The number of carbonyl (C=O) groups excluding carboxylic acids is 2. The Kier molecular flexibility index (Phi) is 6.76. The number of benzene rings is 4. The lowest BCUT2D eigenvalue weighted by Gasteiger charge is -2.10. The van der Waals surface area contributed by atoms with E-state index >= 15 is 0 Å². The van der Waals surface area contributed by atoms with Crippen molar-refractivity contribution >= 4 is 29.0 Å². The number of methoxy groups -OCH3 is 1. The maximum atomic E-state index is 13.1. The molecular weight excluding hydrogens is 466 g/mol. The highest BCUT2D eigenvalue weighted by Crippen LogP contribution is 2.32. The van der Waals surface area contributed by atoms with Gasteiger partial charge in [-0.05, 0) is 47.5 Å². The molecule has 4 aromatic carbocycles. The first-order valence-corrected chi connectivity index (χ1v) is 11.6. The number of aromatic nitrogens is 1. The normalized spacial score (nSPS) is 10.9. The van der Waals surface area contributed by atoms with Gasteiger partial charge in [0.2, 0.25) is 0 Å². The first-order valence-electron chi connectivity index (χ1n) is 11.6. The molecule has 7 heteroatoms. The molecule has 0 aliphatic rings. The molecule has 0 saturated heterocycles. The highest BCUT2D eigenvalue weighted by molar-refractivity contribution is 6.09. The highest BCUT2D eigenvalue weighted by atomic mass is 16.6. The summed E-state index contributed by atoms with van der Waals surface area (Å²) in [5.41, 5.74) is 6.71. The van der Waals surface area contributed by atoms with Gasteiger partial charge in [-0.3, -0.25) is 4.79 Å². The molecule has 0 unspecified atom stereocenters. The Morgan fingerprint density at radius 3 is 2.30 bits per heavy atom. The van der Waals surface area contributed by atoms with Crippen LogP contribution in [0.3, 0.4) is 0 Å². The van der Waals surface area contributed by atoms with Gasteiger partial charge in [0.15, 0.2) is 11.5 Å². The number of hydrogen-bond acceptors (Lipinski definition) is 5. The maximum Gasteiger partial charge on any atom is 0.343 e. The van der Waals surface area contributed by atoms with Crippen LogP contribution in [0.15, 0.2) is 108 Å². The van der Waals surface area contributed by atoms with Crippen molar-refractivity contribution in [2.75, 3.05) is 7.11 Å². The molecule has 5 aromatic rings. The third-order valence-electron chi connectivity index (χ3n) is 5.78. The van der Waals surface area contributed by atoms with Crippen LogP contribution < -0.4 is 14.9 Å². The fraction of sp³-hybridized carbons (Fsp3) is 0.0333. The van der Waals surface area contributed by atoms with E-state index in [0.717, 1.165) is 22.0 Å². The minimum Gasteiger partial charge on any atom is -0.493 e. The fourth-order valence-corrected chi connectivity index (χ4v) is 4.02. The third kappa shape index (κ3) is 5.11. The van der Waals surface area contributed by atoms with Crippen molar-refractivity contribution in [2.24, 2.45) is 5.10 Å². The molecule has 182 valence electrons. The summed E-state index contributed by atoms with van der Waals surface area (Å²) in [6, 6.07) is 31.2. The van der Waals surface area contributed by atoms with Crippen LogP contribution in [0.5, 0.6) is 11.5 Å². The van der Waals surface area contributed by atoms with Crippen LogP contribution in [-0.2, 0) is 0 Å². The number of esters is 1. The van der Waals surface area contributed by atoms with Crippen molar-refractivity contribution < 1.29 is 19.1 Å². The number of nitrogens with zero attached hydrogens (tertiary/aromatic N) is 1. The Bertz CT molecular complexity index is 1590. The quantitative estimate of drug-likeness (QED) is 0.130. The van der Waals surface area contributed by atoms with Crippen molar-refractivity contribution in [3.63, 3.8) is 0 Å². The average molecular weight is 490 g/mol. The van der Waals surface area contributed by atoms with Crippen LogP contribution >= 0.6 is 0 Å². The molecule has 0 aliphatic carbocycles. The van der Waals surface area contributed by atoms with Gasteiger partial charge in [0.1, 0.15) is 5.69 Å². The summed E-state index contributed by atoms with van der Waals surface area (Å²) in [6.45, 7) is 0. The molecule has 1 amide bonds. The zero-order valence-electron chi connectivity index (χ0n) is 20.0. The lowest BCUT2D eigenvalue weighted by molar-refractivity contribution is 0.0729. The van der Waals surface area contributed by atoms with Gasteiger partial charge in [-0.25, -0.2) is 10.2 Å². The van der Waals surface area contributed by atoms with E-state index < -0.39 is 5.97 Å². The van der Waals surface area contributed by atoms with Crippen molar-refractivity contribution in [3.8, 4) is 22.6 Å². The number of carbonyl (C=O) groups is 2. The summed E-state index contributed by atoms with van der Waals surface area (Å²) >= 11 is 0. The number of hydrogen-bond donors (Lipinski definition) is 2. The molecule has 7 nitrogen and oxygen atoms in total. The molecule has 2 N–H and O–H groups in total. The van der Waals surface area contributed by atoms with E-state index in [4.69, 9.17) is 9.47 Å². The predicted molar refractivity (Wildman–Crippen MR) is 143 cm³/mol. The van der Waals surface area contributed by atoms with E-state index in [0.29, 0.717) is 22.6 Å². The van der Waals surface area contributed by atoms with Crippen LogP contribution in [0.2, 0.25) is 0 Å². The van der Waals surface area contributed by atoms with Crippen LogP contribution in [-0.4, -0.2) is 30.2 Å². The predicted octanol–water partition coefficient (Wildman–Crippen LogP) is 5.83. The van der Waals surface area contributed by atoms with Gasteiger partial charge >= 0.3 is 5.97 Å². The Balaban J connectivity index is 1.34. The van der Waals surface area contributed by atoms with Gasteiger partial charge < -0.3 is 14.5 Å². The number of ether oxygens (including phenoxy) is 2. The lowest BCUT2D eigenvalue weighted by atomic mass is 10.0. The highest BCUT2D eigenvalue weighted by Gasteiger charge is 2.19. The lowest BCUT2D eigenvalue weighted by Crippen LogP contribution is -2.18. The number of fused-ring (bicyclic) bond motifs is 1. The smallest absolute Gasteiger partial charge is 0.343 e. The molecule has 1 aromatic heterocycles. The Morgan fingerprint density at radius 2 is 1.54 bits per heavy atom. The molecule has 0 bridgehead atoms. The molecule has 37 heavy (non-hydrogen) atoms. The van der Waals surface area contributed by atoms with Crippen molar-refractivity contribution in [1.82, 2.24) is 10.4 Å². The van der Waals surface area contributed by atoms with Crippen LogP contribution in [0.25, 0.3) is 22.0 Å². The minimum absolute atomic E-state index is 0.281. The number of hydrazone groups is 1. The molecule has 0 saturated carbocycles. The summed E-state index contributed by atoms with van der Waals surface area (Å²) in [6.07, 6.45) is 1.49. The van der Waals surface area contributed by atoms with Crippen molar-refractivity contribution in [3.05, 3.63) is 120 Å². The van der Waals surface area contributed by atoms with Gasteiger partial charge in [-0.15, -0.1) is 0 Å². The third-order valence-corrected chi connectivity index (χ3v) is 5.78. The number of rotatable bonds is 7. The standard InChI is InChI=1S/C30H23N3O4/c1-36-26-18-20(16-17-25(26)37-30(35)22-12-6-3-7-13-22)19-31-33-29(34)28-27(21-10-4-2-5-11-21)23-14-8-9-15-24(23)32-28/h2-19,32H,1H3,(H,33,34). The molecule has 0 atom stereocenters. The van der Waals surface area contributed by atoms with E-state index in [1.54, 1.807) is 42.5 Å². The molecule has 1 heterocycles. The van der Waals surface area contributed by atoms with Crippen molar-refractivity contribution in [2.45, 2.75) is 0 Å². The van der Waals surface area contributed by atoms with Crippen LogP contribution in [0.4, 0.5) is 0 Å². The number of aromatic amines is 1. The summed E-state index contributed by atoms with van der Waals surface area (Å²) in [5.74, 6) is -0.212. The van der Waals surface area contributed by atoms with E-state index in [9.17, 15) is 9.59 Å². The number of para-hydroxylation sites is 1. The van der Waals surface area contributed by atoms with E-state index in [1.165, 1.54) is 13.3 Å². The number of H-pyrrole nitrogens is 1. The van der Waals surface area contributed by atoms with Gasteiger partial charge in [-0.1, -0.05) is 66.7 Å².